The van der Waals surface area contributed by atoms with Crippen molar-refractivity contribution in [2.24, 2.45) is 13.0 Å². The maximum atomic E-state index is 6.20. The Labute approximate surface area is 131 Å². The molecule has 2 saturated heterocycles. The Balaban J connectivity index is 1.35. The number of imidazole rings is 1. The molecule has 0 amide bonds. The second-order valence-corrected chi connectivity index (χ2v) is 6.69. The molecule has 1 aromatic heterocycles. The molecule has 6 nitrogen and oxygen atoms in total. The molecule has 2 atom stereocenters. The summed E-state index contributed by atoms with van der Waals surface area (Å²) >= 11 is 0. The van der Waals surface area contributed by atoms with E-state index in [1.54, 1.807) is 0 Å². The topological polar surface area (TPSA) is 57.5 Å². The number of aryl methyl sites for hydroxylation is 1. The summed E-state index contributed by atoms with van der Waals surface area (Å²) in [5, 5.41) is 3.67. The highest BCUT2D eigenvalue weighted by molar-refractivity contribution is 5.04. The second kappa shape index (κ2) is 5.92. The van der Waals surface area contributed by atoms with E-state index in [1.165, 1.54) is 12.8 Å². The number of aromatic nitrogens is 2. The molecule has 122 valence electrons. The van der Waals surface area contributed by atoms with Crippen LogP contribution in [0.5, 0.6) is 0 Å². The van der Waals surface area contributed by atoms with E-state index in [1.807, 2.05) is 12.4 Å². The zero-order chi connectivity index (χ0) is 15.0. The molecular formula is C16H25N3O3. The summed E-state index contributed by atoms with van der Waals surface area (Å²) in [5.41, 5.74) is 0. The van der Waals surface area contributed by atoms with Crippen LogP contribution < -0.4 is 5.32 Å². The monoisotopic (exact) mass is 307 g/mol. The summed E-state index contributed by atoms with van der Waals surface area (Å²) < 4.78 is 19.7. The van der Waals surface area contributed by atoms with E-state index in [9.17, 15) is 0 Å². The van der Waals surface area contributed by atoms with Crippen LogP contribution in [-0.4, -0.2) is 47.8 Å². The molecule has 3 aliphatic rings. The Hall–Kier alpha value is -0.950. The number of nitrogens with zero attached hydrogens (tertiary/aromatic N) is 2. The van der Waals surface area contributed by atoms with Crippen molar-refractivity contribution in [1.82, 2.24) is 14.9 Å². The van der Waals surface area contributed by atoms with Gasteiger partial charge in [0.15, 0.2) is 5.79 Å². The zero-order valence-electron chi connectivity index (χ0n) is 13.2. The largest absolute Gasteiger partial charge is 0.381 e. The lowest BCUT2D eigenvalue weighted by Crippen LogP contribution is -2.39. The first-order valence-corrected chi connectivity index (χ1v) is 8.36. The number of ether oxygens (including phenoxy) is 3. The normalized spacial score (nSPS) is 29.0. The molecule has 0 radical (unpaired) electrons. The fourth-order valence-corrected chi connectivity index (χ4v) is 3.50. The molecule has 6 heteroatoms. The molecular weight excluding hydrogens is 282 g/mol. The maximum absolute atomic E-state index is 6.20. The zero-order valence-corrected chi connectivity index (χ0v) is 13.2. The van der Waals surface area contributed by atoms with Crippen molar-refractivity contribution in [1.29, 1.82) is 0 Å². The van der Waals surface area contributed by atoms with Crippen LogP contribution in [0.2, 0.25) is 0 Å². The van der Waals surface area contributed by atoms with Gasteiger partial charge in [0.2, 0.25) is 0 Å². The second-order valence-electron chi connectivity index (χ2n) is 6.69. The molecule has 0 unspecified atom stereocenters. The summed E-state index contributed by atoms with van der Waals surface area (Å²) in [7, 11) is 2.06. The molecule has 1 N–H and O–H groups in total. The van der Waals surface area contributed by atoms with E-state index in [0.717, 1.165) is 38.4 Å². The highest BCUT2D eigenvalue weighted by atomic mass is 16.7. The van der Waals surface area contributed by atoms with Crippen LogP contribution in [0.4, 0.5) is 0 Å². The van der Waals surface area contributed by atoms with Crippen molar-refractivity contribution in [3.8, 4) is 0 Å². The molecule has 0 aromatic carbocycles. The van der Waals surface area contributed by atoms with E-state index < -0.39 is 0 Å². The minimum atomic E-state index is -0.386. The van der Waals surface area contributed by atoms with Gasteiger partial charge in [0.25, 0.3) is 0 Å². The molecule has 4 rings (SSSR count). The van der Waals surface area contributed by atoms with Crippen LogP contribution in [0, 0.1) is 5.92 Å². The lowest BCUT2D eigenvalue weighted by molar-refractivity contribution is -0.210. The standard InChI is InChI=1S/C16H25N3O3/c1-19-7-6-17-15(19)14(12-2-3-12)18-10-13-11-21-16(22-13)4-8-20-9-5-16/h6-7,12-14,18H,2-5,8-11H2,1H3/t13-,14+/m1/s1. The van der Waals surface area contributed by atoms with Crippen molar-refractivity contribution in [3.63, 3.8) is 0 Å². The minimum Gasteiger partial charge on any atom is -0.381 e. The van der Waals surface area contributed by atoms with Crippen molar-refractivity contribution in [2.45, 2.75) is 43.6 Å². The molecule has 3 heterocycles. The van der Waals surface area contributed by atoms with Gasteiger partial charge in [-0.3, -0.25) is 0 Å². The van der Waals surface area contributed by atoms with Crippen molar-refractivity contribution >= 4 is 0 Å². The fraction of sp³-hybridized carbons (Fsp3) is 0.812. The summed E-state index contributed by atoms with van der Waals surface area (Å²) in [6.45, 7) is 2.96. The van der Waals surface area contributed by atoms with Gasteiger partial charge in [0, 0.05) is 38.8 Å². The van der Waals surface area contributed by atoms with Crippen LogP contribution in [0.1, 0.15) is 37.5 Å². The van der Waals surface area contributed by atoms with Gasteiger partial charge < -0.3 is 24.1 Å². The van der Waals surface area contributed by atoms with Gasteiger partial charge >= 0.3 is 0 Å². The summed E-state index contributed by atoms with van der Waals surface area (Å²) in [6.07, 6.45) is 8.27. The molecule has 1 spiro atoms. The third-order valence-corrected chi connectivity index (χ3v) is 4.96. The Morgan fingerprint density at radius 1 is 1.41 bits per heavy atom. The molecule has 3 fully saturated rings. The van der Waals surface area contributed by atoms with Crippen LogP contribution >= 0.6 is 0 Å². The van der Waals surface area contributed by atoms with Gasteiger partial charge in [-0.25, -0.2) is 4.98 Å². The van der Waals surface area contributed by atoms with Gasteiger partial charge in [-0.15, -0.1) is 0 Å². The number of hydrogen-bond acceptors (Lipinski definition) is 5. The first kappa shape index (κ1) is 14.6. The average molecular weight is 307 g/mol. The fourth-order valence-electron chi connectivity index (χ4n) is 3.50. The Morgan fingerprint density at radius 2 is 2.23 bits per heavy atom. The lowest BCUT2D eigenvalue weighted by Gasteiger charge is -2.31. The molecule has 22 heavy (non-hydrogen) atoms. The summed E-state index contributed by atoms with van der Waals surface area (Å²) in [6, 6.07) is 0.329. The molecule has 2 aliphatic heterocycles. The highest BCUT2D eigenvalue weighted by Crippen LogP contribution is 2.40. The third-order valence-electron chi connectivity index (χ3n) is 4.96. The van der Waals surface area contributed by atoms with Crippen LogP contribution in [-0.2, 0) is 21.3 Å². The molecule has 1 aromatic rings. The Bertz CT molecular complexity index is 508. The molecule has 1 aliphatic carbocycles. The van der Waals surface area contributed by atoms with Gasteiger partial charge in [-0.2, -0.15) is 0 Å². The van der Waals surface area contributed by atoms with Crippen LogP contribution in [0.25, 0.3) is 0 Å². The number of nitrogens with one attached hydrogen (secondary N) is 1. The third kappa shape index (κ3) is 2.93. The van der Waals surface area contributed by atoms with E-state index in [0.29, 0.717) is 18.6 Å². The van der Waals surface area contributed by atoms with Crippen LogP contribution in [0.15, 0.2) is 12.4 Å². The van der Waals surface area contributed by atoms with Crippen molar-refractivity contribution < 1.29 is 14.2 Å². The average Bonchev–Trinajstić information content (AvgIpc) is 3.17. The van der Waals surface area contributed by atoms with E-state index in [2.05, 4.69) is 21.9 Å². The van der Waals surface area contributed by atoms with E-state index in [4.69, 9.17) is 14.2 Å². The SMILES string of the molecule is Cn1ccnc1[C@@H](NC[C@@H]1COC2(CCOCC2)O1)C1CC1. The predicted octanol–water partition coefficient (Wildman–Crippen LogP) is 1.38. The first-order chi connectivity index (χ1) is 10.8. The predicted molar refractivity (Wildman–Crippen MR) is 80.3 cm³/mol. The van der Waals surface area contributed by atoms with Crippen LogP contribution in [0.3, 0.4) is 0 Å². The Kier molecular flexibility index (Phi) is 3.94. The van der Waals surface area contributed by atoms with Crippen molar-refractivity contribution in [3.05, 3.63) is 18.2 Å². The van der Waals surface area contributed by atoms with Gasteiger partial charge in [-0.05, 0) is 18.8 Å². The van der Waals surface area contributed by atoms with E-state index >= 15 is 0 Å². The lowest BCUT2D eigenvalue weighted by atomic mass is 10.1. The van der Waals surface area contributed by atoms with Crippen molar-refractivity contribution in [2.75, 3.05) is 26.4 Å². The number of hydrogen-bond donors (Lipinski definition) is 1. The maximum Gasteiger partial charge on any atom is 0.173 e. The van der Waals surface area contributed by atoms with Gasteiger partial charge in [-0.1, -0.05) is 0 Å². The minimum absolute atomic E-state index is 0.125. The van der Waals surface area contributed by atoms with Gasteiger partial charge in [0.05, 0.1) is 32.0 Å². The first-order valence-electron chi connectivity index (χ1n) is 8.36. The smallest absolute Gasteiger partial charge is 0.173 e. The summed E-state index contributed by atoms with van der Waals surface area (Å²) in [5.74, 6) is 1.45. The van der Waals surface area contributed by atoms with E-state index in [-0.39, 0.29) is 11.9 Å². The molecule has 0 bridgehead atoms. The summed E-state index contributed by atoms with van der Waals surface area (Å²) in [4.78, 5) is 4.52. The number of rotatable bonds is 5. The highest BCUT2D eigenvalue weighted by Gasteiger charge is 2.43. The molecule has 1 saturated carbocycles. The quantitative estimate of drug-likeness (QED) is 0.891. The Morgan fingerprint density at radius 3 is 2.91 bits per heavy atom. The van der Waals surface area contributed by atoms with Gasteiger partial charge in [0.1, 0.15) is 5.82 Å².